The highest BCUT2D eigenvalue weighted by molar-refractivity contribution is 9.10. The van der Waals surface area contributed by atoms with Crippen molar-refractivity contribution in [1.82, 2.24) is 5.43 Å². The highest BCUT2D eigenvalue weighted by Crippen LogP contribution is 2.52. The largest absolute Gasteiger partial charge is 0.484 e. The van der Waals surface area contributed by atoms with E-state index in [0.29, 0.717) is 17.6 Å². The van der Waals surface area contributed by atoms with Crippen LogP contribution in [0.2, 0.25) is 0 Å². The molecule has 1 N–H and O–H groups in total. The van der Waals surface area contributed by atoms with Crippen molar-refractivity contribution in [3.8, 4) is 5.75 Å². The minimum Gasteiger partial charge on any atom is -0.484 e. The molecule has 0 spiro atoms. The molecule has 5 heteroatoms. The fraction of sp³-hybridized carbons (Fsp3) is 0.556. The summed E-state index contributed by atoms with van der Waals surface area (Å²) < 4.78 is 6.47. The van der Waals surface area contributed by atoms with Crippen LogP contribution in [0.25, 0.3) is 0 Å². The number of halogens is 1. The van der Waals surface area contributed by atoms with Gasteiger partial charge in [0.1, 0.15) is 5.75 Å². The minimum atomic E-state index is -0.186. The van der Waals surface area contributed by atoms with E-state index in [4.69, 9.17) is 4.74 Å². The lowest BCUT2D eigenvalue weighted by Gasteiger charge is -2.50. The predicted molar refractivity (Wildman–Crippen MR) is 92.3 cm³/mol. The Kier molecular flexibility index (Phi) is 4.14. The standard InChI is InChI=1S/C18H21BrN2O2/c19-15-1-3-16(4-2-15)23-10-17(22)20-21-18-13-6-11-5-12(8-13)9-14(18)7-11/h1-4,11-14H,5-10H2,(H,20,22). The van der Waals surface area contributed by atoms with Gasteiger partial charge in [-0.1, -0.05) is 15.9 Å². The lowest BCUT2D eigenvalue weighted by atomic mass is 9.55. The number of ether oxygens (including phenoxy) is 1. The summed E-state index contributed by atoms with van der Waals surface area (Å²) in [4.78, 5) is 12.0. The molecular weight excluding hydrogens is 356 g/mol. The molecule has 0 aromatic heterocycles. The Balaban J connectivity index is 1.31. The van der Waals surface area contributed by atoms with Crippen LogP contribution in [0.1, 0.15) is 32.1 Å². The van der Waals surface area contributed by atoms with Crippen LogP contribution in [0.3, 0.4) is 0 Å². The Morgan fingerprint density at radius 2 is 1.70 bits per heavy atom. The first kappa shape index (κ1) is 15.2. The Morgan fingerprint density at radius 3 is 2.30 bits per heavy atom. The van der Waals surface area contributed by atoms with Crippen molar-refractivity contribution in [3.63, 3.8) is 0 Å². The number of nitrogens with zero attached hydrogens (tertiary/aromatic N) is 1. The number of rotatable bonds is 4. The van der Waals surface area contributed by atoms with E-state index < -0.39 is 0 Å². The molecule has 4 nitrogen and oxygen atoms in total. The second kappa shape index (κ2) is 6.27. The molecule has 0 heterocycles. The van der Waals surface area contributed by atoms with Gasteiger partial charge in [0.05, 0.1) is 0 Å². The molecular formula is C18H21BrN2O2. The number of carbonyl (C=O) groups is 1. The van der Waals surface area contributed by atoms with E-state index in [1.54, 1.807) is 0 Å². The van der Waals surface area contributed by atoms with Crippen molar-refractivity contribution in [1.29, 1.82) is 0 Å². The SMILES string of the molecule is O=C(COc1ccc(Br)cc1)NN=C1C2CC3CC(C2)CC1C3. The van der Waals surface area contributed by atoms with Crippen molar-refractivity contribution in [2.75, 3.05) is 6.61 Å². The molecule has 1 aromatic rings. The second-order valence-electron chi connectivity index (χ2n) is 7.12. The second-order valence-corrected chi connectivity index (χ2v) is 8.03. The molecule has 0 radical (unpaired) electrons. The van der Waals surface area contributed by atoms with Crippen LogP contribution >= 0.6 is 15.9 Å². The maximum absolute atomic E-state index is 12.0. The number of amides is 1. The fourth-order valence-electron chi connectivity index (χ4n) is 4.69. The zero-order chi connectivity index (χ0) is 15.8. The third kappa shape index (κ3) is 3.30. The van der Waals surface area contributed by atoms with Gasteiger partial charge in [-0.25, -0.2) is 5.43 Å². The highest BCUT2D eigenvalue weighted by Gasteiger charge is 2.46. The zero-order valence-electron chi connectivity index (χ0n) is 13.0. The third-order valence-electron chi connectivity index (χ3n) is 5.47. The molecule has 4 aliphatic carbocycles. The number of hydrogen-bond donors (Lipinski definition) is 1. The monoisotopic (exact) mass is 376 g/mol. The lowest BCUT2D eigenvalue weighted by molar-refractivity contribution is -0.123. The van der Waals surface area contributed by atoms with Crippen LogP contribution < -0.4 is 10.2 Å². The van der Waals surface area contributed by atoms with Gasteiger partial charge in [-0.05, 0) is 80.0 Å². The molecule has 1 amide bonds. The summed E-state index contributed by atoms with van der Waals surface area (Å²) in [6.07, 6.45) is 6.52. The van der Waals surface area contributed by atoms with Crippen LogP contribution in [0.5, 0.6) is 5.75 Å². The molecule has 122 valence electrons. The number of hydrogen-bond acceptors (Lipinski definition) is 3. The van der Waals surface area contributed by atoms with Gasteiger partial charge >= 0.3 is 0 Å². The number of nitrogens with one attached hydrogen (secondary N) is 1. The predicted octanol–water partition coefficient (Wildman–Crippen LogP) is 3.76. The van der Waals surface area contributed by atoms with Gasteiger partial charge in [0.15, 0.2) is 6.61 Å². The maximum atomic E-state index is 12.0. The summed E-state index contributed by atoms with van der Waals surface area (Å²) in [5.74, 6) is 3.54. The zero-order valence-corrected chi connectivity index (χ0v) is 14.6. The Labute approximate surface area is 144 Å². The van der Waals surface area contributed by atoms with E-state index in [9.17, 15) is 4.79 Å². The smallest absolute Gasteiger partial charge is 0.277 e. The molecule has 0 saturated heterocycles. The van der Waals surface area contributed by atoms with Gasteiger partial charge in [-0.2, -0.15) is 5.10 Å². The van der Waals surface area contributed by atoms with E-state index in [1.165, 1.54) is 37.8 Å². The van der Waals surface area contributed by atoms with E-state index in [1.807, 2.05) is 24.3 Å². The van der Waals surface area contributed by atoms with Crippen LogP contribution in [0.4, 0.5) is 0 Å². The molecule has 0 atom stereocenters. The highest BCUT2D eigenvalue weighted by atomic mass is 79.9. The number of benzene rings is 1. The first-order valence-corrected chi connectivity index (χ1v) is 9.21. The van der Waals surface area contributed by atoms with Crippen molar-refractivity contribution in [2.24, 2.45) is 28.8 Å². The molecule has 4 bridgehead atoms. The van der Waals surface area contributed by atoms with E-state index >= 15 is 0 Å². The molecule has 0 unspecified atom stereocenters. The van der Waals surface area contributed by atoms with Crippen LogP contribution in [0.15, 0.2) is 33.8 Å². The lowest BCUT2D eigenvalue weighted by Crippen LogP contribution is -2.46. The first-order valence-electron chi connectivity index (χ1n) is 8.42. The molecule has 4 aliphatic rings. The molecule has 5 rings (SSSR count). The summed E-state index contributed by atoms with van der Waals surface area (Å²) in [6.45, 7) is -0.000996. The number of hydrazone groups is 1. The van der Waals surface area contributed by atoms with Gasteiger partial charge in [-0.15, -0.1) is 0 Å². The van der Waals surface area contributed by atoms with Crippen LogP contribution in [-0.4, -0.2) is 18.2 Å². The third-order valence-corrected chi connectivity index (χ3v) is 6.00. The normalized spacial score (nSPS) is 31.1. The first-order chi connectivity index (χ1) is 11.2. The van der Waals surface area contributed by atoms with Gasteiger partial charge < -0.3 is 4.74 Å². The molecule has 1 aromatic carbocycles. The van der Waals surface area contributed by atoms with Gasteiger partial charge in [0.25, 0.3) is 5.91 Å². The van der Waals surface area contributed by atoms with E-state index in [-0.39, 0.29) is 12.5 Å². The van der Waals surface area contributed by atoms with Crippen molar-refractivity contribution in [2.45, 2.75) is 32.1 Å². The minimum absolute atomic E-state index is 0.000996. The Hall–Kier alpha value is -1.36. The van der Waals surface area contributed by atoms with Crippen molar-refractivity contribution >= 4 is 27.5 Å². The summed E-state index contributed by atoms with van der Waals surface area (Å²) in [5.41, 5.74) is 3.95. The summed E-state index contributed by atoms with van der Waals surface area (Å²) >= 11 is 3.37. The molecule has 0 aliphatic heterocycles. The Morgan fingerprint density at radius 1 is 1.09 bits per heavy atom. The van der Waals surface area contributed by atoms with E-state index in [0.717, 1.165) is 16.3 Å². The summed E-state index contributed by atoms with van der Waals surface area (Å²) in [6, 6.07) is 7.45. The van der Waals surface area contributed by atoms with E-state index in [2.05, 4.69) is 26.5 Å². The average Bonchev–Trinajstić information content (AvgIpc) is 2.53. The van der Waals surface area contributed by atoms with Gasteiger partial charge in [-0.3, -0.25) is 4.79 Å². The Bertz CT molecular complexity index is 596. The van der Waals surface area contributed by atoms with Crippen LogP contribution in [0, 0.1) is 23.7 Å². The fourth-order valence-corrected chi connectivity index (χ4v) is 4.95. The van der Waals surface area contributed by atoms with Crippen molar-refractivity contribution < 1.29 is 9.53 Å². The van der Waals surface area contributed by atoms with Crippen LogP contribution in [-0.2, 0) is 4.79 Å². The summed E-state index contributed by atoms with van der Waals surface area (Å²) in [7, 11) is 0. The topological polar surface area (TPSA) is 50.7 Å². The molecule has 23 heavy (non-hydrogen) atoms. The van der Waals surface area contributed by atoms with Gasteiger partial charge in [0.2, 0.25) is 0 Å². The summed E-state index contributed by atoms with van der Waals surface area (Å²) in [5, 5.41) is 4.48. The van der Waals surface area contributed by atoms with Crippen molar-refractivity contribution in [3.05, 3.63) is 28.7 Å². The number of carbonyl (C=O) groups excluding carboxylic acids is 1. The maximum Gasteiger partial charge on any atom is 0.277 e. The average molecular weight is 377 g/mol. The quantitative estimate of drug-likeness (QED) is 0.813. The molecule has 4 saturated carbocycles. The van der Waals surface area contributed by atoms with Gasteiger partial charge in [0, 0.05) is 10.2 Å². The molecule has 4 fully saturated rings.